The molecule has 0 aliphatic heterocycles. The second-order valence-corrected chi connectivity index (χ2v) is 10.6. The average molecular weight is 432 g/mol. The zero-order valence-corrected chi connectivity index (χ0v) is 17.7. The number of halogens is 3. The third-order valence-corrected chi connectivity index (χ3v) is 6.84. The molecule has 2 rings (SSSR count). The van der Waals surface area contributed by atoms with Crippen molar-refractivity contribution in [3.63, 3.8) is 0 Å². The summed E-state index contributed by atoms with van der Waals surface area (Å²) in [6, 6.07) is 3.00. The Labute approximate surface area is 167 Å². The Balaban J connectivity index is 2.33. The standard InChI is InChI=1S/C18H23F3N4O3S/c1-16(2,3)13-9-14(25(6)24-13)23-15(26)17(4,5)29(27,28)11-7-8-12(22-10-11)18(19,20)21/h7-10H,1-6H3,(H,23,26). The first-order chi connectivity index (χ1) is 13.0. The number of nitrogens with one attached hydrogen (secondary N) is 1. The minimum absolute atomic E-state index is 0.284. The minimum Gasteiger partial charge on any atom is -0.310 e. The molecule has 0 radical (unpaired) electrons. The minimum atomic E-state index is -4.69. The molecule has 0 aliphatic carbocycles. The number of aromatic nitrogens is 3. The summed E-state index contributed by atoms with van der Waals surface area (Å²) in [5.74, 6) is -0.547. The van der Waals surface area contributed by atoms with Crippen LogP contribution in [0.5, 0.6) is 0 Å². The SMILES string of the molecule is Cn1nc(C(C)(C)C)cc1NC(=O)C(C)(C)S(=O)(=O)c1ccc(C(F)(F)F)nc1. The third-order valence-electron chi connectivity index (χ3n) is 4.45. The lowest BCUT2D eigenvalue weighted by Crippen LogP contribution is -2.44. The smallest absolute Gasteiger partial charge is 0.310 e. The number of rotatable bonds is 4. The van der Waals surface area contributed by atoms with E-state index in [9.17, 15) is 26.4 Å². The van der Waals surface area contributed by atoms with Crippen LogP contribution < -0.4 is 5.32 Å². The normalized spacial score (nSPS) is 13.4. The fourth-order valence-electron chi connectivity index (χ4n) is 2.34. The number of alkyl halides is 3. The van der Waals surface area contributed by atoms with Crippen molar-refractivity contribution in [2.75, 3.05) is 5.32 Å². The lowest BCUT2D eigenvalue weighted by Gasteiger charge is -2.23. The summed E-state index contributed by atoms with van der Waals surface area (Å²) in [5.41, 5.74) is -0.806. The van der Waals surface area contributed by atoms with E-state index in [0.717, 1.165) is 6.07 Å². The maximum Gasteiger partial charge on any atom is 0.433 e. The number of hydrogen-bond donors (Lipinski definition) is 1. The summed E-state index contributed by atoms with van der Waals surface area (Å²) in [6.45, 7) is 8.17. The van der Waals surface area contributed by atoms with Crippen LogP contribution in [0.3, 0.4) is 0 Å². The fourth-order valence-corrected chi connectivity index (χ4v) is 3.66. The van der Waals surface area contributed by atoms with Crippen LogP contribution in [0, 0.1) is 0 Å². The van der Waals surface area contributed by atoms with Gasteiger partial charge in [0.15, 0.2) is 9.84 Å². The molecule has 2 heterocycles. The first kappa shape index (κ1) is 22.9. The van der Waals surface area contributed by atoms with Gasteiger partial charge < -0.3 is 5.32 Å². The van der Waals surface area contributed by atoms with Crippen molar-refractivity contribution >= 4 is 21.6 Å². The number of anilines is 1. The quantitative estimate of drug-likeness (QED) is 0.800. The third kappa shape index (κ3) is 4.44. The highest BCUT2D eigenvalue weighted by atomic mass is 32.2. The molecule has 0 bridgehead atoms. The van der Waals surface area contributed by atoms with E-state index < -0.39 is 37.3 Å². The summed E-state index contributed by atoms with van der Waals surface area (Å²) in [7, 11) is -2.72. The van der Waals surface area contributed by atoms with Crippen molar-refractivity contribution in [1.82, 2.24) is 14.8 Å². The first-order valence-electron chi connectivity index (χ1n) is 8.62. The number of carbonyl (C=O) groups excluding carboxylic acids is 1. The zero-order valence-electron chi connectivity index (χ0n) is 16.9. The van der Waals surface area contributed by atoms with Crippen LogP contribution in [0.2, 0.25) is 0 Å². The van der Waals surface area contributed by atoms with Crippen LogP contribution in [0.15, 0.2) is 29.3 Å². The number of pyridine rings is 1. The van der Waals surface area contributed by atoms with Crippen LogP contribution in [0.1, 0.15) is 46.0 Å². The van der Waals surface area contributed by atoms with Gasteiger partial charge in [-0.2, -0.15) is 18.3 Å². The highest BCUT2D eigenvalue weighted by Gasteiger charge is 2.44. The number of hydrogen-bond acceptors (Lipinski definition) is 5. The van der Waals surface area contributed by atoms with Crippen molar-refractivity contribution < 1.29 is 26.4 Å². The molecular formula is C18H23F3N4O3S. The van der Waals surface area contributed by atoms with E-state index in [1.165, 1.54) is 18.5 Å². The predicted molar refractivity (Wildman–Crippen MR) is 101 cm³/mol. The lowest BCUT2D eigenvalue weighted by atomic mass is 9.92. The van der Waals surface area contributed by atoms with Crippen LogP contribution in [-0.2, 0) is 33.3 Å². The van der Waals surface area contributed by atoms with Gasteiger partial charge in [-0.1, -0.05) is 20.8 Å². The molecule has 0 spiro atoms. The highest BCUT2D eigenvalue weighted by Crippen LogP contribution is 2.31. The van der Waals surface area contributed by atoms with Gasteiger partial charge in [0.1, 0.15) is 16.3 Å². The molecule has 2 aromatic heterocycles. The molecule has 0 unspecified atom stereocenters. The highest BCUT2D eigenvalue weighted by molar-refractivity contribution is 7.93. The molecule has 0 aromatic carbocycles. The summed E-state index contributed by atoms with van der Waals surface area (Å²) in [5, 5.41) is 6.84. The van der Waals surface area contributed by atoms with Gasteiger partial charge in [0.25, 0.3) is 0 Å². The largest absolute Gasteiger partial charge is 0.433 e. The van der Waals surface area contributed by atoms with Crippen LogP contribution in [-0.4, -0.2) is 33.8 Å². The number of amides is 1. The second-order valence-electron chi connectivity index (χ2n) is 8.13. The second kappa shape index (κ2) is 7.12. The molecule has 11 heteroatoms. The predicted octanol–water partition coefficient (Wildman–Crippen LogP) is 3.32. The summed E-state index contributed by atoms with van der Waals surface area (Å²) in [6.07, 6.45) is -4.09. The summed E-state index contributed by atoms with van der Waals surface area (Å²) < 4.78 is 63.2. The molecule has 7 nitrogen and oxygen atoms in total. The van der Waals surface area contributed by atoms with E-state index in [-0.39, 0.29) is 5.41 Å². The van der Waals surface area contributed by atoms with Crippen molar-refractivity contribution in [3.8, 4) is 0 Å². The number of nitrogens with zero attached hydrogens (tertiary/aromatic N) is 3. The Morgan fingerprint density at radius 3 is 2.07 bits per heavy atom. The van der Waals surface area contributed by atoms with Crippen LogP contribution in [0.4, 0.5) is 19.0 Å². The number of sulfone groups is 1. The Morgan fingerprint density at radius 1 is 1.07 bits per heavy atom. The molecule has 0 fully saturated rings. The monoisotopic (exact) mass is 432 g/mol. The van der Waals surface area contributed by atoms with Gasteiger partial charge in [0.2, 0.25) is 5.91 Å². The molecule has 2 aromatic rings. The molecule has 0 saturated carbocycles. The molecule has 0 aliphatic rings. The van der Waals surface area contributed by atoms with Gasteiger partial charge >= 0.3 is 6.18 Å². The van der Waals surface area contributed by atoms with Crippen molar-refractivity contribution in [1.29, 1.82) is 0 Å². The molecular weight excluding hydrogens is 409 g/mol. The van der Waals surface area contributed by atoms with Gasteiger partial charge in [-0.3, -0.25) is 14.5 Å². The van der Waals surface area contributed by atoms with E-state index in [0.29, 0.717) is 23.8 Å². The average Bonchev–Trinajstić information content (AvgIpc) is 2.95. The topological polar surface area (TPSA) is 94.0 Å². The molecule has 1 N–H and O–H groups in total. The summed E-state index contributed by atoms with van der Waals surface area (Å²) >= 11 is 0. The Bertz CT molecular complexity index is 1020. The van der Waals surface area contributed by atoms with Gasteiger partial charge in [-0.15, -0.1) is 0 Å². The van der Waals surface area contributed by atoms with Gasteiger partial charge in [0.05, 0.1) is 10.6 Å². The Morgan fingerprint density at radius 2 is 1.66 bits per heavy atom. The van der Waals surface area contributed by atoms with E-state index >= 15 is 0 Å². The molecule has 1 amide bonds. The summed E-state index contributed by atoms with van der Waals surface area (Å²) in [4.78, 5) is 15.4. The maximum absolute atomic E-state index is 12.9. The molecule has 160 valence electrons. The first-order valence-corrected chi connectivity index (χ1v) is 10.1. The maximum atomic E-state index is 12.9. The van der Waals surface area contributed by atoms with Crippen molar-refractivity contribution in [2.24, 2.45) is 7.05 Å². The van der Waals surface area contributed by atoms with Crippen LogP contribution in [0.25, 0.3) is 0 Å². The number of aryl methyl sites for hydroxylation is 1. The lowest BCUT2D eigenvalue weighted by molar-refractivity contribution is -0.141. The van der Waals surface area contributed by atoms with Gasteiger partial charge in [-0.05, 0) is 26.0 Å². The van der Waals surface area contributed by atoms with Gasteiger partial charge in [-0.25, -0.2) is 8.42 Å². The van der Waals surface area contributed by atoms with Crippen LogP contribution >= 0.6 is 0 Å². The fraction of sp³-hybridized carbons (Fsp3) is 0.500. The Hall–Kier alpha value is -2.43. The van der Waals surface area contributed by atoms with E-state index in [1.807, 2.05) is 20.8 Å². The van der Waals surface area contributed by atoms with Gasteiger partial charge in [0, 0.05) is 24.7 Å². The van der Waals surface area contributed by atoms with Crippen molar-refractivity contribution in [2.45, 2.75) is 55.9 Å². The van der Waals surface area contributed by atoms with E-state index in [1.54, 1.807) is 13.1 Å². The molecule has 0 saturated heterocycles. The number of carbonyl (C=O) groups is 1. The Kier molecular flexibility index (Phi) is 5.61. The molecule has 0 atom stereocenters. The molecule has 29 heavy (non-hydrogen) atoms. The van der Waals surface area contributed by atoms with E-state index in [2.05, 4.69) is 15.4 Å². The van der Waals surface area contributed by atoms with Crippen molar-refractivity contribution in [3.05, 3.63) is 35.8 Å². The zero-order chi connectivity index (χ0) is 22.4. The van der Waals surface area contributed by atoms with E-state index in [4.69, 9.17) is 0 Å².